The minimum atomic E-state index is -0.409. The molecular formula is C19H24BNO4. The van der Waals surface area contributed by atoms with Crippen LogP contribution >= 0.6 is 0 Å². The monoisotopic (exact) mass is 341 g/mol. The first-order valence-electron chi connectivity index (χ1n) is 8.38. The van der Waals surface area contributed by atoms with Gasteiger partial charge in [0.2, 0.25) is 5.88 Å². The molecule has 25 heavy (non-hydrogen) atoms. The van der Waals surface area contributed by atoms with Crippen LogP contribution in [0.5, 0.6) is 11.6 Å². The van der Waals surface area contributed by atoms with E-state index >= 15 is 0 Å². The van der Waals surface area contributed by atoms with Crippen LogP contribution in [0.25, 0.3) is 0 Å². The Morgan fingerprint density at radius 2 is 1.60 bits per heavy atom. The zero-order valence-corrected chi connectivity index (χ0v) is 15.4. The highest BCUT2D eigenvalue weighted by Crippen LogP contribution is 2.36. The smallest absolute Gasteiger partial charge is 0.496 e. The Bertz CT molecular complexity index is 697. The first-order valence-corrected chi connectivity index (χ1v) is 8.38. The Balaban J connectivity index is 1.61. The van der Waals surface area contributed by atoms with Crippen molar-refractivity contribution in [2.75, 3.05) is 7.11 Å². The van der Waals surface area contributed by atoms with Crippen LogP contribution in [-0.4, -0.2) is 30.4 Å². The second-order valence-corrected chi connectivity index (χ2v) is 7.15. The minimum absolute atomic E-state index is 0.360. The van der Waals surface area contributed by atoms with Gasteiger partial charge in [-0.25, -0.2) is 4.98 Å². The molecule has 6 heteroatoms. The Morgan fingerprint density at radius 1 is 0.960 bits per heavy atom. The van der Waals surface area contributed by atoms with Crippen LogP contribution < -0.4 is 14.9 Å². The molecule has 0 radical (unpaired) electrons. The number of hydrogen-bond donors (Lipinski definition) is 0. The van der Waals surface area contributed by atoms with Crippen molar-refractivity contribution in [2.45, 2.75) is 45.5 Å². The molecule has 1 aromatic heterocycles. The van der Waals surface area contributed by atoms with E-state index in [2.05, 4.69) is 4.98 Å². The molecule has 1 fully saturated rings. The van der Waals surface area contributed by atoms with E-state index in [1.165, 1.54) is 0 Å². The molecule has 1 saturated heterocycles. The van der Waals surface area contributed by atoms with Crippen LogP contribution in [-0.2, 0) is 15.9 Å². The first-order chi connectivity index (χ1) is 11.8. The summed E-state index contributed by atoms with van der Waals surface area (Å²) >= 11 is 0. The van der Waals surface area contributed by atoms with Gasteiger partial charge >= 0.3 is 7.12 Å². The van der Waals surface area contributed by atoms with Crippen molar-refractivity contribution in [1.82, 2.24) is 4.98 Å². The third-order valence-corrected chi connectivity index (χ3v) is 4.83. The van der Waals surface area contributed by atoms with Crippen LogP contribution in [0.15, 0.2) is 42.6 Å². The van der Waals surface area contributed by atoms with Gasteiger partial charge in [0.1, 0.15) is 12.4 Å². The average Bonchev–Trinajstić information content (AvgIpc) is 2.82. The van der Waals surface area contributed by atoms with Crippen molar-refractivity contribution in [3.63, 3.8) is 0 Å². The van der Waals surface area contributed by atoms with Crippen molar-refractivity contribution in [3.05, 3.63) is 48.2 Å². The van der Waals surface area contributed by atoms with Crippen molar-refractivity contribution < 1.29 is 18.8 Å². The first kappa shape index (κ1) is 17.8. The molecule has 0 aliphatic carbocycles. The second kappa shape index (κ2) is 6.69. The third kappa shape index (κ3) is 3.80. The zero-order chi connectivity index (χ0) is 18.1. The summed E-state index contributed by atoms with van der Waals surface area (Å²) in [5.74, 6) is 1.39. The Hall–Kier alpha value is -2.05. The highest BCUT2D eigenvalue weighted by atomic mass is 16.7. The Kier molecular flexibility index (Phi) is 4.76. The van der Waals surface area contributed by atoms with Gasteiger partial charge in [-0.15, -0.1) is 0 Å². The van der Waals surface area contributed by atoms with Crippen LogP contribution in [0.4, 0.5) is 0 Å². The summed E-state index contributed by atoms with van der Waals surface area (Å²) < 4.78 is 22.9. The van der Waals surface area contributed by atoms with Gasteiger partial charge in [-0.05, 0) is 51.5 Å². The molecule has 0 saturated carbocycles. The molecule has 0 amide bonds. The molecule has 0 spiro atoms. The maximum Gasteiger partial charge on any atom is 0.496 e. The number of pyridine rings is 1. The van der Waals surface area contributed by atoms with Crippen LogP contribution in [0.2, 0.25) is 0 Å². The van der Waals surface area contributed by atoms with Gasteiger partial charge in [-0.1, -0.05) is 18.2 Å². The minimum Gasteiger partial charge on any atom is -0.497 e. The summed E-state index contributed by atoms with van der Waals surface area (Å²) in [6, 6.07) is 11.5. The van der Waals surface area contributed by atoms with Crippen LogP contribution in [0.3, 0.4) is 0 Å². The van der Waals surface area contributed by atoms with Gasteiger partial charge < -0.3 is 18.8 Å². The van der Waals surface area contributed by atoms with E-state index in [1.807, 2.05) is 64.1 Å². The predicted octanol–water partition coefficient (Wildman–Crippen LogP) is 2.97. The summed E-state index contributed by atoms with van der Waals surface area (Å²) in [7, 11) is 1.24. The maximum atomic E-state index is 6.03. The quantitative estimate of drug-likeness (QED) is 0.783. The summed E-state index contributed by atoms with van der Waals surface area (Å²) in [4.78, 5) is 4.36. The molecule has 1 aliphatic heterocycles. The third-order valence-electron chi connectivity index (χ3n) is 4.83. The topological polar surface area (TPSA) is 49.8 Å². The molecule has 1 aliphatic rings. The number of nitrogens with zero attached hydrogens (tertiary/aromatic N) is 1. The lowest BCUT2D eigenvalue weighted by Crippen LogP contribution is -2.41. The molecule has 2 heterocycles. The number of hydrogen-bond acceptors (Lipinski definition) is 5. The van der Waals surface area contributed by atoms with E-state index in [9.17, 15) is 0 Å². The molecule has 3 rings (SSSR count). The molecule has 5 nitrogen and oxygen atoms in total. The van der Waals surface area contributed by atoms with Crippen molar-refractivity contribution in [3.8, 4) is 11.6 Å². The number of methoxy groups -OCH3 is 1. The highest BCUT2D eigenvalue weighted by molar-refractivity contribution is 6.62. The van der Waals surface area contributed by atoms with Gasteiger partial charge in [0.25, 0.3) is 0 Å². The lowest BCUT2D eigenvalue weighted by Gasteiger charge is -2.32. The van der Waals surface area contributed by atoms with Gasteiger partial charge in [-0.3, -0.25) is 0 Å². The normalized spacial score (nSPS) is 18.2. The molecule has 0 unspecified atom stereocenters. The summed E-state index contributed by atoms with van der Waals surface area (Å²) in [6.45, 7) is 8.59. The Labute approximate surface area is 149 Å². The van der Waals surface area contributed by atoms with Crippen LogP contribution in [0, 0.1) is 0 Å². The van der Waals surface area contributed by atoms with E-state index in [4.69, 9.17) is 18.8 Å². The largest absolute Gasteiger partial charge is 0.497 e. The SMILES string of the molecule is COc1ccc(COc2ccc(B3OC(C)(C)C(C)(C)O3)cn2)cc1. The molecule has 1 aromatic carbocycles. The summed E-state index contributed by atoms with van der Waals surface area (Å²) in [6.07, 6.45) is 1.74. The number of aromatic nitrogens is 1. The van der Waals surface area contributed by atoms with Crippen molar-refractivity contribution >= 4 is 12.6 Å². The average molecular weight is 341 g/mol. The molecule has 0 N–H and O–H groups in total. The van der Waals surface area contributed by atoms with E-state index in [0.717, 1.165) is 16.8 Å². The van der Waals surface area contributed by atoms with E-state index < -0.39 is 7.12 Å². The van der Waals surface area contributed by atoms with Gasteiger partial charge in [0, 0.05) is 11.7 Å². The molecule has 0 atom stereocenters. The van der Waals surface area contributed by atoms with Gasteiger partial charge in [0.05, 0.1) is 18.3 Å². The second-order valence-electron chi connectivity index (χ2n) is 7.15. The van der Waals surface area contributed by atoms with Gasteiger partial charge in [-0.2, -0.15) is 0 Å². The standard InChI is InChI=1S/C19H24BNO4/c1-18(2)19(3,4)25-20(24-18)15-8-11-17(21-12-15)23-13-14-6-9-16(22-5)10-7-14/h6-12H,13H2,1-5H3. The summed E-state index contributed by atoms with van der Waals surface area (Å²) in [5, 5.41) is 0. The lowest BCUT2D eigenvalue weighted by atomic mass is 9.80. The Morgan fingerprint density at radius 3 is 2.12 bits per heavy atom. The lowest BCUT2D eigenvalue weighted by molar-refractivity contribution is 0.00578. The fourth-order valence-corrected chi connectivity index (χ4v) is 2.47. The summed E-state index contributed by atoms with van der Waals surface area (Å²) in [5.41, 5.74) is 1.22. The van der Waals surface area contributed by atoms with Crippen molar-refractivity contribution in [2.24, 2.45) is 0 Å². The molecular weight excluding hydrogens is 317 g/mol. The molecule has 2 aromatic rings. The molecule has 0 bridgehead atoms. The number of benzene rings is 1. The zero-order valence-electron chi connectivity index (χ0n) is 15.4. The van der Waals surface area contributed by atoms with Crippen molar-refractivity contribution in [1.29, 1.82) is 0 Å². The predicted molar refractivity (Wildman–Crippen MR) is 97.3 cm³/mol. The van der Waals surface area contributed by atoms with E-state index in [-0.39, 0.29) is 11.2 Å². The number of ether oxygens (including phenoxy) is 2. The highest BCUT2D eigenvalue weighted by Gasteiger charge is 2.51. The fraction of sp³-hybridized carbons (Fsp3) is 0.421. The van der Waals surface area contributed by atoms with E-state index in [1.54, 1.807) is 13.3 Å². The van der Waals surface area contributed by atoms with E-state index in [0.29, 0.717) is 12.5 Å². The molecule has 132 valence electrons. The van der Waals surface area contributed by atoms with Gasteiger partial charge in [0.15, 0.2) is 0 Å². The van der Waals surface area contributed by atoms with Crippen LogP contribution in [0.1, 0.15) is 33.3 Å². The fourth-order valence-electron chi connectivity index (χ4n) is 2.47. The number of rotatable bonds is 5. The maximum absolute atomic E-state index is 6.03.